The number of amides is 1. The van der Waals surface area contributed by atoms with Crippen molar-refractivity contribution in [2.45, 2.75) is 6.54 Å². The Kier molecular flexibility index (Phi) is 2.81. The highest BCUT2D eigenvalue weighted by Crippen LogP contribution is 2.26. The Morgan fingerprint density at radius 1 is 1.53 bits per heavy atom. The number of hydrogen-bond donors (Lipinski definition) is 1. The van der Waals surface area contributed by atoms with Gasteiger partial charge >= 0.3 is 6.09 Å². The zero-order valence-electron chi connectivity index (χ0n) is 7.94. The molecule has 1 aromatic rings. The number of nitrogens with zero attached hydrogens (tertiary/aromatic N) is 1. The molecule has 0 aromatic heterocycles. The second kappa shape index (κ2) is 4.10. The van der Waals surface area contributed by atoms with E-state index in [-0.39, 0.29) is 0 Å². The highest BCUT2D eigenvalue weighted by Gasteiger charge is 2.18. The van der Waals surface area contributed by atoms with E-state index in [4.69, 9.17) is 9.84 Å². The first-order chi connectivity index (χ1) is 7.16. The number of carboxylic acid groups (broad SMARTS) is 1. The maximum atomic E-state index is 10.8. The van der Waals surface area contributed by atoms with Crippen molar-refractivity contribution in [2.75, 3.05) is 13.2 Å². The second-order valence-electron chi connectivity index (χ2n) is 3.30. The molecule has 0 aliphatic carbocycles. The number of fused-ring (bicyclic) bond motifs is 1. The molecule has 0 saturated carbocycles. The lowest BCUT2D eigenvalue weighted by molar-refractivity contribution is 0.138. The van der Waals surface area contributed by atoms with E-state index in [1.807, 2.05) is 18.2 Å². The zero-order chi connectivity index (χ0) is 10.8. The molecule has 0 atom stereocenters. The summed E-state index contributed by atoms with van der Waals surface area (Å²) < 4.78 is 6.41. The Hall–Kier alpha value is -1.23. The Balaban J connectivity index is 2.29. The molecular weight excluding hydrogens is 262 g/mol. The molecule has 0 radical (unpaired) electrons. The summed E-state index contributed by atoms with van der Waals surface area (Å²) in [7, 11) is 0. The van der Waals surface area contributed by atoms with Crippen molar-refractivity contribution in [2.24, 2.45) is 0 Å². The number of rotatable bonds is 0. The molecule has 4 nitrogen and oxygen atoms in total. The topological polar surface area (TPSA) is 49.8 Å². The van der Waals surface area contributed by atoms with Crippen LogP contribution in [-0.4, -0.2) is 29.3 Å². The summed E-state index contributed by atoms with van der Waals surface area (Å²) in [4.78, 5) is 12.2. The van der Waals surface area contributed by atoms with Crippen LogP contribution in [0, 0.1) is 0 Å². The largest absolute Gasteiger partial charge is 0.491 e. The molecule has 5 heteroatoms. The van der Waals surface area contributed by atoms with Gasteiger partial charge in [-0.3, -0.25) is 0 Å². The van der Waals surface area contributed by atoms with Gasteiger partial charge in [-0.1, -0.05) is 22.0 Å². The third-order valence-corrected chi connectivity index (χ3v) is 2.77. The van der Waals surface area contributed by atoms with Gasteiger partial charge in [0.25, 0.3) is 0 Å². The Morgan fingerprint density at radius 2 is 2.33 bits per heavy atom. The Labute approximate surface area is 95.6 Å². The molecule has 0 fully saturated rings. The van der Waals surface area contributed by atoms with Crippen LogP contribution in [0.25, 0.3) is 0 Å². The van der Waals surface area contributed by atoms with Crippen LogP contribution in [0.4, 0.5) is 4.79 Å². The fourth-order valence-corrected chi connectivity index (χ4v) is 1.85. The van der Waals surface area contributed by atoms with Gasteiger partial charge in [-0.05, 0) is 12.1 Å². The smallest absolute Gasteiger partial charge is 0.407 e. The molecule has 15 heavy (non-hydrogen) atoms. The monoisotopic (exact) mass is 271 g/mol. The number of benzene rings is 1. The van der Waals surface area contributed by atoms with E-state index in [1.165, 1.54) is 4.90 Å². The van der Waals surface area contributed by atoms with Crippen LogP contribution in [0.15, 0.2) is 22.7 Å². The van der Waals surface area contributed by atoms with E-state index < -0.39 is 6.09 Å². The standard InChI is InChI=1S/C10H10BrNO3/c11-8-2-1-7-6-12(10(13)14)3-4-15-9(7)5-8/h1-2,5H,3-4,6H2,(H,13,14). The lowest BCUT2D eigenvalue weighted by Crippen LogP contribution is -2.30. The molecular formula is C10H10BrNO3. The minimum Gasteiger partial charge on any atom is -0.491 e. The number of carbonyl (C=O) groups is 1. The molecule has 1 heterocycles. The van der Waals surface area contributed by atoms with Crippen molar-refractivity contribution in [3.05, 3.63) is 28.2 Å². The summed E-state index contributed by atoms with van der Waals surface area (Å²) in [5.41, 5.74) is 0.901. The van der Waals surface area contributed by atoms with Crippen LogP contribution in [-0.2, 0) is 6.54 Å². The van der Waals surface area contributed by atoms with Crippen molar-refractivity contribution in [3.8, 4) is 5.75 Å². The molecule has 1 aromatic carbocycles. The van der Waals surface area contributed by atoms with Crippen molar-refractivity contribution in [3.63, 3.8) is 0 Å². The number of halogens is 1. The molecule has 0 saturated heterocycles. The first-order valence-electron chi connectivity index (χ1n) is 4.56. The first kappa shape index (κ1) is 10.3. The van der Waals surface area contributed by atoms with E-state index in [9.17, 15) is 4.79 Å². The Bertz CT molecular complexity index is 394. The SMILES string of the molecule is O=C(O)N1CCOc2cc(Br)ccc2C1. The van der Waals surface area contributed by atoms with Crippen LogP contribution in [0.5, 0.6) is 5.75 Å². The normalized spacial score (nSPS) is 15.1. The van der Waals surface area contributed by atoms with Crippen LogP contribution < -0.4 is 4.74 Å². The summed E-state index contributed by atoms with van der Waals surface area (Å²) in [5, 5.41) is 8.90. The maximum absolute atomic E-state index is 10.8. The van der Waals surface area contributed by atoms with Crippen LogP contribution in [0.2, 0.25) is 0 Å². The average molecular weight is 272 g/mol. The third kappa shape index (κ3) is 2.23. The van der Waals surface area contributed by atoms with Crippen molar-refractivity contribution in [1.29, 1.82) is 0 Å². The minimum atomic E-state index is -0.908. The predicted octanol–water partition coefficient (Wildman–Crippen LogP) is 2.32. The van der Waals surface area contributed by atoms with Crippen LogP contribution in [0.3, 0.4) is 0 Å². The molecule has 1 aliphatic heterocycles. The third-order valence-electron chi connectivity index (χ3n) is 2.28. The van der Waals surface area contributed by atoms with Gasteiger partial charge in [-0.25, -0.2) is 4.79 Å². The zero-order valence-corrected chi connectivity index (χ0v) is 9.53. The van der Waals surface area contributed by atoms with Gasteiger partial charge in [0, 0.05) is 10.0 Å². The Morgan fingerprint density at radius 3 is 3.07 bits per heavy atom. The first-order valence-corrected chi connectivity index (χ1v) is 5.35. The fourth-order valence-electron chi connectivity index (χ4n) is 1.51. The molecule has 1 N–H and O–H groups in total. The van der Waals surface area contributed by atoms with E-state index in [0.717, 1.165) is 15.8 Å². The summed E-state index contributed by atoms with van der Waals surface area (Å²) in [6.07, 6.45) is -0.908. The molecule has 0 spiro atoms. The van der Waals surface area contributed by atoms with Crippen molar-refractivity contribution in [1.82, 2.24) is 4.90 Å². The van der Waals surface area contributed by atoms with Gasteiger partial charge in [0.2, 0.25) is 0 Å². The van der Waals surface area contributed by atoms with Gasteiger partial charge in [-0.15, -0.1) is 0 Å². The molecule has 0 bridgehead atoms. The van der Waals surface area contributed by atoms with Crippen molar-refractivity contribution >= 4 is 22.0 Å². The minimum absolute atomic E-state index is 0.387. The van der Waals surface area contributed by atoms with E-state index >= 15 is 0 Å². The van der Waals surface area contributed by atoms with Gasteiger partial charge in [-0.2, -0.15) is 0 Å². The maximum Gasteiger partial charge on any atom is 0.407 e. The second-order valence-corrected chi connectivity index (χ2v) is 4.22. The van der Waals surface area contributed by atoms with Crippen LogP contribution in [0.1, 0.15) is 5.56 Å². The summed E-state index contributed by atoms with van der Waals surface area (Å²) >= 11 is 3.35. The van der Waals surface area contributed by atoms with Gasteiger partial charge < -0.3 is 14.7 Å². The van der Waals surface area contributed by atoms with Crippen molar-refractivity contribution < 1.29 is 14.6 Å². The van der Waals surface area contributed by atoms with Gasteiger partial charge in [0.05, 0.1) is 13.1 Å². The quantitative estimate of drug-likeness (QED) is 0.788. The van der Waals surface area contributed by atoms with E-state index in [0.29, 0.717) is 19.7 Å². The predicted molar refractivity (Wildman–Crippen MR) is 58.1 cm³/mol. The summed E-state index contributed by atoms with van der Waals surface area (Å²) in [5.74, 6) is 0.758. The summed E-state index contributed by atoms with van der Waals surface area (Å²) in [6, 6.07) is 5.62. The molecule has 80 valence electrons. The molecule has 1 aliphatic rings. The lowest BCUT2D eigenvalue weighted by atomic mass is 10.2. The average Bonchev–Trinajstić information content (AvgIpc) is 2.39. The highest BCUT2D eigenvalue weighted by molar-refractivity contribution is 9.10. The van der Waals surface area contributed by atoms with Gasteiger partial charge in [0.15, 0.2) is 0 Å². The molecule has 0 unspecified atom stereocenters. The number of ether oxygens (including phenoxy) is 1. The fraction of sp³-hybridized carbons (Fsp3) is 0.300. The lowest BCUT2D eigenvalue weighted by Gasteiger charge is -2.14. The van der Waals surface area contributed by atoms with E-state index in [1.54, 1.807) is 0 Å². The van der Waals surface area contributed by atoms with E-state index in [2.05, 4.69) is 15.9 Å². The molecule has 1 amide bonds. The summed E-state index contributed by atoms with van der Waals surface area (Å²) in [6.45, 7) is 1.19. The van der Waals surface area contributed by atoms with Crippen LogP contribution >= 0.6 is 15.9 Å². The highest BCUT2D eigenvalue weighted by atomic mass is 79.9. The van der Waals surface area contributed by atoms with Gasteiger partial charge in [0.1, 0.15) is 12.4 Å². The number of hydrogen-bond acceptors (Lipinski definition) is 2. The molecule has 2 rings (SSSR count).